The van der Waals surface area contributed by atoms with E-state index in [1.165, 1.54) is 0 Å². The molecule has 2 aliphatic heterocycles. The predicted octanol–water partition coefficient (Wildman–Crippen LogP) is -0.333. The number of esters is 1. The number of hydrogen-bond donors (Lipinski definition) is 2. The third kappa shape index (κ3) is 1.76. The number of hydrogen-bond acceptors (Lipinski definition) is 6. The van der Waals surface area contributed by atoms with Crippen molar-refractivity contribution in [2.45, 2.75) is 62.5 Å². The van der Waals surface area contributed by atoms with Crippen molar-refractivity contribution in [2.75, 3.05) is 0 Å². The molecule has 96 valence electrons. The molecule has 6 heteroatoms. The first-order chi connectivity index (χ1) is 8.11. The highest BCUT2D eigenvalue weighted by Gasteiger charge is 2.60. The first-order valence-electron chi connectivity index (χ1n) is 6.04. The van der Waals surface area contributed by atoms with Crippen molar-refractivity contribution < 1.29 is 29.2 Å². The molecule has 2 N–H and O–H groups in total. The Kier molecular flexibility index (Phi) is 2.62. The Morgan fingerprint density at radius 3 is 2.53 bits per heavy atom. The molecule has 3 atom stereocenters. The zero-order valence-corrected chi connectivity index (χ0v) is 9.37. The SMILES string of the molecule is O=C1O[C@H](C(O)O)[C@H]2OC3(CCCCC3)O[C@@H]12. The van der Waals surface area contributed by atoms with E-state index < -0.39 is 36.4 Å². The van der Waals surface area contributed by atoms with E-state index in [0.717, 1.165) is 32.1 Å². The Bertz CT molecular complexity index is 322. The summed E-state index contributed by atoms with van der Waals surface area (Å²) in [6.45, 7) is 0. The van der Waals surface area contributed by atoms with Crippen LogP contribution in [0.3, 0.4) is 0 Å². The fourth-order valence-electron chi connectivity index (χ4n) is 2.88. The van der Waals surface area contributed by atoms with Crippen LogP contribution in [0.1, 0.15) is 32.1 Å². The largest absolute Gasteiger partial charge is 0.452 e. The van der Waals surface area contributed by atoms with Crippen molar-refractivity contribution in [3.63, 3.8) is 0 Å². The third-order valence-corrected chi connectivity index (χ3v) is 3.71. The van der Waals surface area contributed by atoms with Crippen LogP contribution in [-0.4, -0.2) is 46.6 Å². The lowest BCUT2D eigenvalue weighted by atomic mass is 9.94. The van der Waals surface area contributed by atoms with Gasteiger partial charge in [0.2, 0.25) is 0 Å². The zero-order chi connectivity index (χ0) is 12.0. The molecule has 0 bridgehead atoms. The van der Waals surface area contributed by atoms with Crippen LogP contribution in [0.2, 0.25) is 0 Å². The molecule has 1 aliphatic carbocycles. The monoisotopic (exact) mass is 244 g/mol. The predicted molar refractivity (Wildman–Crippen MR) is 53.7 cm³/mol. The van der Waals surface area contributed by atoms with Gasteiger partial charge in [-0.05, 0) is 12.8 Å². The number of rotatable bonds is 1. The second-order valence-electron chi connectivity index (χ2n) is 4.91. The van der Waals surface area contributed by atoms with Crippen molar-refractivity contribution in [2.24, 2.45) is 0 Å². The zero-order valence-electron chi connectivity index (χ0n) is 9.37. The summed E-state index contributed by atoms with van der Waals surface area (Å²) in [5.74, 6) is -1.27. The second kappa shape index (κ2) is 3.91. The molecule has 17 heavy (non-hydrogen) atoms. The van der Waals surface area contributed by atoms with Crippen molar-refractivity contribution in [3.8, 4) is 0 Å². The van der Waals surface area contributed by atoms with Gasteiger partial charge in [-0.3, -0.25) is 0 Å². The Hall–Kier alpha value is -0.690. The second-order valence-corrected chi connectivity index (χ2v) is 4.91. The van der Waals surface area contributed by atoms with Gasteiger partial charge in [-0.2, -0.15) is 0 Å². The quantitative estimate of drug-likeness (QED) is 0.485. The van der Waals surface area contributed by atoms with Gasteiger partial charge in [0, 0.05) is 12.8 Å². The standard InChI is InChI=1S/C11H16O6/c12-9(13)7-6-8(10(14)15-7)17-11(16-6)4-2-1-3-5-11/h6-9,12-13H,1-5H2/t6-,7+,8-/m1/s1. The van der Waals surface area contributed by atoms with E-state index in [1.54, 1.807) is 0 Å². The van der Waals surface area contributed by atoms with Crippen molar-refractivity contribution in [1.29, 1.82) is 0 Å². The lowest BCUT2D eigenvalue weighted by Crippen LogP contribution is -2.40. The molecule has 0 amide bonds. The summed E-state index contributed by atoms with van der Waals surface area (Å²) in [4.78, 5) is 11.5. The summed E-state index contributed by atoms with van der Waals surface area (Å²) >= 11 is 0. The average molecular weight is 244 g/mol. The lowest BCUT2D eigenvalue weighted by Gasteiger charge is -2.33. The highest BCUT2D eigenvalue weighted by atomic mass is 16.8. The maximum absolute atomic E-state index is 11.5. The number of ether oxygens (including phenoxy) is 3. The molecule has 6 nitrogen and oxygen atoms in total. The maximum Gasteiger partial charge on any atom is 0.338 e. The number of fused-ring (bicyclic) bond motifs is 1. The highest BCUT2D eigenvalue weighted by molar-refractivity contribution is 5.78. The Morgan fingerprint density at radius 2 is 1.88 bits per heavy atom. The minimum atomic E-state index is -1.73. The molecule has 0 radical (unpaired) electrons. The van der Waals surface area contributed by atoms with Crippen LogP contribution in [0.15, 0.2) is 0 Å². The van der Waals surface area contributed by atoms with Gasteiger partial charge < -0.3 is 24.4 Å². The summed E-state index contributed by atoms with van der Waals surface area (Å²) < 4.78 is 16.3. The molecule has 3 aliphatic rings. The molecule has 2 saturated heterocycles. The van der Waals surface area contributed by atoms with Gasteiger partial charge >= 0.3 is 5.97 Å². The average Bonchev–Trinajstić information content (AvgIpc) is 2.78. The van der Waals surface area contributed by atoms with E-state index in [9.17, 15) is 4.79 Å². The fraction of sp³-hybridized carbons (Fsp3) is 0.909. The van der Waals surface area contributed by atoms with Gasteiger partial charge in [-0.25, -0.2) is 4.79 Å². The molecule has 0 aromatic rings. The van der Waals surface area contributed by atoms with Crippen LogP contribution < -0.4 is 0 Å². The van der Waals surface area contributed by atoms with Crippen LogP contribution in [0, 0.1) is 0 Å². The highest BCUT2D eigenvalue weighted by Crippen LogP contribution is 2.44. The number of carbonyl (C=O) groups excluding carboxylic acids is 1. The van der Waals surface area contributed by atoms with E-state index in [2.05, 4.69) is 0 Å². The van der Waals surface area contributed by atoms with Crippen molar-refractivity contribution >= 4 is 5.97 Å². The van der Waals surface area contributed by atoms with Crippen LogP contribution in [0.4, 0.5) is 0 Å². The Morgan fingerprint density at radius 1 is 1.18 bits per heavy atom. The van der Waals surface area contributed by atoms with E-state index in [0.29, 0.717) is 0 Å². The maximum atomic E-state index is 11.5. The van der Waals surface area contributed by atoms with Crippen molar-refractivity contribution in [1.82, 2.24) is 0 Å². The van der Waals surface area contributed by atoms with Gasteiger partial charge in [0.1, 0.15) is 6.10 Å². The van der Waals surface area contributed by atoms with E-state index >= 15 is 0 Å². The van der Waals surface area contributed by atoms with Gasteiger partial charge in [-0.15, -0.1) is 0 Å². The molecular formula is C11H16O6. The molecule has 0 aromatic heterocycles. The Labute approximate surface area is 98.5 Å². The van der Waals surface area contributed by atoms with Crippen LogP contribution >= 0.6 is 0 Å². The topological polar surface area (TPSA) is 85.2 Å². The molecule has 3 fully saturated rings. The Balaban J connectivity index is 1.79. The number of aliphatic hydroxyl groups is 2. The van der Waals surface area contributed by atoms with Gasteiger partial charge in [0.05, 0.1) is 0 Å². The first kappa shape index (κ1) is 11.4. The molecular weight excluding hydrogens is 228 g/mol. The minimum Gasteiger partial charge on any atom is -0.452 e. The summed E-state index contributed by atoms with van der Waals surface area (Å²) in [6, 6.07) is 0. The number of aliphatic hydroxyl groups excluding tert-OH is 1. The first-order valence-corrected chi connectivity index (χ1v) is 6.04. The van der Waals surface area contributed by atoms with Crippen LogP contribution in [0.25, 0.3) is 0 Å². The number of cyclic esters (lactones) is 1. The van der Waals surface area contributed by atoms with Gasteiger partial charge in [0.15, 0.2) is 24.3 Å². The molecule has 3 rings (SSSR count). The summed E-state index contributed by atoms with van der Waals surface area (Å²) in [7, 11) is 0. The number of carbonyl (C=O) groups is 1. The van der Waals surface area contributed by atoms with Crippen LogP contribution in [-0.2, 0) is 19.0 Å². The van der Waals surface area contributed by atoms with E-state index in [-0.39, 0.29) is 0 Å². The van der Waals surface area contributed by atoms with E-state index in [1.807, 2.05) is 0 Å². The molecule has 2 heterocycles. The van der Waals surface area contributed by atoms with Gasteiger partial charge in [0.25, 0.3) is 0 Å². The molecule has 1 saturated carbocycles. The molecule has 0 aromatic carbocycles. The van der Waals surface area contributed by atoms with Crippen molar-refractivity contribution in [3.05, 3.63) is 0 Å². The smallest absolute Gasteiger partial charge is 0.338 e. The van der Waals surface area contributed by atoms with Crippen LogP contribution in [0.5, 0.6) is 0 Å². The molecule has 0 unspecified atom stereocenters. The van der Waals surface area contributed by atoms with Gasteiger partial charge in [-0.1, -0.05) is 6.42 Å². The summed E-state index contributed by atoms with van der Waals surface area (Å²) in [5, 5.41) is 18.3. The lowest BCUT2D eigenvalue weighted by molar-refractivity contribution is -0.233. The summed E-state index contributed by atoms with van der Waals surface area (Å²) in [5.41, 5.74) is 0. The molecule has 1 spiro atoms. The third-order valence-electron chi connectivity index (χ3n) is 3.71. The fourth-order valence-corrected chi connectivity index (χ4v) is 2.88. The minimum absolute atomic E-state index is 0.560. The normalized spacial score (nSPS) is 39.7. The summed E-state index contributed by atoms with van der Waals surface area (Å²) in [6.07, 6.45) is 0.385. The van der Waals surface area contributed by atoms with E-state index in [4.69, 9.17) is 24.4 Å².